The number of ether oxygens (including phenoxy) is 2. The summed E-state index contributed by atoms with van der Waals surface area (Å²) in [6.45, 7) is 1.42. The molecule has 0 bridgehead atoms. The Balaban J connectivity index is 1.64. The molecule has 0 aliphatic carbocycles. The van der Waals surface area contributed by atoms with E-state index < -0.39 is 0 Å². The molecule has 0 aliphatic rings. The fraction of sp³-hybridized carbons (Fsp3) is 0.136. The van der Waals surface area contributed by atoms with Crippen LogP contribution in [0.4, 0.5) is 11.4 Å². The highest BCUT2D eigenvalue weighted by Crippen LogP contribution is 2.30. The number of rotatable bonds is 6. The lowest BCUT2D eigenvalue weighted by Gasteiger charge is -2.12. The number of thiazole rings is 1. The molecule has 0 fully saturated rings. The van der Waals surface area contributed by atoms with Crippen LogP contribution < -0.4 is 20.1 Å². The first-order chi connectivity index (χ1) is 15.0. The summed E-state index contributed by atoms with van der Waals surface area (Å²) in [7, 11) is 3.13. The second kappa shape index (κ2) is 8.49. The molecule has 2 N–H and O–H groups in total. The zero-order valence-corrected chi connectivity index (χ0v) is 17.9. The van der Waals surface area contributed by atoms with E-state index in [9.17, 15) is 9.59 Å². The number of fused-ring (bicyclic) bond motifs is 1. The minimum Gasteiger partial charge on any atom is -0.497 e. The third-order valence-electron chi connectivity index (χ3n) is 4.58. The van der Waals surface area contributed by atoms with Gasteiger partial charge < -0.3 is 20.1 Å². The number of hydrogen-bond donors (Lipinski definition) is 2. The Hall–Kier alpha value is -3.85. The third kappa shape index (κ3) is 4.22. The van der Waals surface area contributed by atoms with Crippen molar-refractivity contribution in [2.45, 2.75) is 6.92 Å². The largest absolute Gasteiger partial charge is 0.497 e. The van der Waals surface area contributed by atoms with Crippen molar-refractivity contribution in [2.75, 3.05) is 24.9 Å². The van der Waals surface area contributed by atoms with Gasteiger partial charge in [-0.15, -0.1) is 11.3 Å². The van der Waals surface area contributed by atoms with Gasteiger partial charge in [-0.2, -0.15) is 0 Å². The van der Waals surface area contributed by atoms with Gasteiger partial charge in [0, 0.05) is 29.8 Å². The highest BCUT2D eigenvalue weighted by Gasteiger charge is 2.17. The minimum atomic E-state index is -0.320. The van der Waals surface area contributed by atoms with Crippen molar-refractivity contribution in [3.8, 4) is 22.8 Å². The molecule has 4 aromatic rings. The Kier molecular flexibility index (Phi) is 5.59. The number of amides is 2. The van der Waals surface area contributed by atoms with Gasteiger partial charge in [0.2, 0.25) is 5.91 Å². The third-order valence-corrected chi connectivity index (χ3v) is 5.42. The fourth-order valence-corrected chi connectivity index (χ4v) is 4.00. The molecule has 0 radical (unpaired) electrons. The Morgan fingerprint density at radius 3 is 2.65 bits per heavy atom. The molecule has 4 rings (SSSR count). The molecule has 2 aromatic carbocycles. The van der Waals surface area contributed by atoms with Gasteiger partial charge >= 0.3 is 0 Å². The molecule has 0 atom stereocenters. The van der Waals surface area contributed by atoms with Crippen molar-refractivity contribution in [3.05, 3.63) is 59.7 Å². The fourth-order valence-electron chi connectivity index (χ4n) is 3.14. The quantitative estimate of drug-likeness (QED) is 0.470. The van der Waals surface area contributed by atoms with Gasteiger partial charge in [-0.1, -0.05) is 12.1 Å². The first kappa shape index (κ1) is 20.4. The van der Waals surface area contributed by atoms with Crippen LogP contribution in [0.15, 0.2) is 54.0 Å². The number of carbonyl (C=O) groups is 2. The lowest BCUT2D eigenvalue weighted by molar-refractivity contribution is -0.114. The second-order valence-corrected chi connectivity index (χ2v) is 7.52. The predicted molar refractivity (Wildman–Crippen MR) is 120 cm³/mol. The van der Waals surface area contributed by atoms with Crippen molar-refractivity contribution in [1.82, 2.24) is 9.38 Å². The van der Waals surface area contributed by atoms with Gasteiger partial charge in [0.15, 0.2) is 4.96 Å². The Morgan fingerprint density at radius 1 is 1.06 bits per heavy atom. The van der Waals surface area contributed by atoms with Crippen LogP contribution in [0.5, 0.6) is 11.5 Å². The molecule has 0 saturated heterocycles. The maximum Gasteiger partial charge on any atom is 0.273 e. The number of methoxy groups -OCH3 is 2. The molecule has 31 heavy (non-hydrogen) atoms. The van der Waals surface area contributed by atoms with Crippen LogP contribution in [-0.2, 0) is 4.79 Å². The first-order valence-electron chi connectivity index (χ1n) is 9.36. The average molecular weight is 436 g/mol. The van der Waals surface area contributed by atoms with Gasteiger partial charge in [-0.3, -0.25) is 14.0 Å². The Labute approximate surface area is 182 Å². The summed E-state index contributed by atoms with van der Waals surface area (Å²) in [5, 5.41) is 7.30. The monoisotopic (exact) mass is 436 g/mol. The van der Waals surface area contributed by atoms with Crippen LogP contribution >= 0.6 is 11.3 Å². The average Bonchev–Trinajstić information content (AvgIpc) is 3.34. The second-order valence-electron chi connectivity index (χ2n) is 6.68. The van der Waals surface area contributed by atoms with Gasteiger partial charge in [0.05, 0.1) is 25.6 Å². The van der Waals surface area contributed by atoms with Crippen LogP contribution in [0, 0.1) is 0 Å². The zero-order chi connectivity index (χ0) is 22.0. The highest BCUT2D eigenvalue weighted by molar-refractivity contribution is 7.15. The van der Waals surface area contributed by atoms with E-state index in [1.54, 1.807) is 35.1 Å². The van der Waals surface area contributed by atoms with Crippen molar-refractivity contribution in [1.29, 1.82) is 0 Å². The molecule has 0 saturated carbocycles. The maximum atomic E-state index is 13.0. The van der Waals surface area contributed by atoms with Crippen molar-refractivity contribution in [2.24, 2.45) is 0 Å². The summed E-state index contributed by atoms with van der Waals surface area (Å²) in [4.78, 5) is 29.7. The smallest absolute Gasteiger partial charge is 0.273 e. The van der Waals surface area contributed by atoms with E-state index in [0.29, 0.717) is 27.8 Å². The molecule has 2 heterocycles. The lowest BCUT2D eigenvalue weighted by atomic mass is 10.1. The molecule has 9 heteroatoms. The van der Waals surface area contributed by atoms with Crippen molar-refractivity contribution < 1.29 is 19.1 Å². The number of benzene rings is 2. The lowest BCUT2D eigenvalue weighted by Crippen LogP contribution is -2.15. The standard InChI is InChI=1S/C22H20N4O4S/c1-13(27)23-15-7-8-20(30-3)17(10-15)24-21(28)19-12-31-22-25-18(11-26(19)22)14-5-4-6-16(9-14)29-2/h4-12H,1-3H3,(H,23,27)(H,24,28). The number of nitrogens with zero attached hydrogens (tertiary/aromatic N) is 2. The number of hydrogen-bond acceptors (Lipinski definition) is 6. The molecular weight excluding hydrogens is 416 g/mol. The number of anilines is 2. The van der Waals surface area contributed by atoms with Gasteiger partial charge in [-0.05, 0) is 30.3 Å². The molecule has 8 nitrogen and oxygen atoms in total. The number of nitrogens with one attached hydrogen (secondary N) is 2. The zero-order valence-electron chi connectivity index (χ0n) is 17.1. The summed E-state index contributed by atoms with van der Waals surface area (Å²) in [5.41, 5.74) is 3.08. The summed E-state index contributed by atoms with van der Waals surface area (Å²) < 4.78 is 12.4. The van der Waals surface area contributed by atoms with Gasteiger partial charge in [0.25, 0.3) is 5.91 Å². The SMILES string of the molecule is COc1cccc(-c2cn3c(C(=O)Nc4cc(NC(C)=O)ccc4OC)csc3n2)c1. The molecule has 0 spiro atoms. The number of aromatic nitrogens is 2. The Bertz CT molecular complexity index is 1280. The normalized spacial score (nSPS) is 10.7. The van der Waals surface area contributed by atoms with E-state index in [1.165, 1.54) is 25.4 Å². The topological polar surface area (TPSA) is 94.0 Å². The van der Waals surface area contributed by atoms with E-state index in [0.717, 1.165) is 17.0 Å². The van der Waals surface area contributed by atoms with Crippen LogP contribution in [0.3, 0.4) is 0 Å². The predicted octanol–water partition coefficient (Wildman–Crippen LogP) is 4.29. The van der Waals surface area contributed by atoms with E-state index >= 15 is 0 Å². The van der Waals surface area contributed by atoms with E-state index in [1.807, 2.05) is 30.5 Å². The van der Waals surface area contributed by atoms with Gasteiger partial charge in [-0.25, -0.2) is 4.98 Å². The van der Waals surface area contributed by atoms with Crippen LogP contribution in [0.25, 0.3) is 16.2 Å². The maximum absolute atomic E-state index is 13.0. The summed E-state index contributed by atoms with van der Waals surface area (Å²) in [6.07, 6.45) is 1.82. The molecule has 158 valence electrons. The van der Waals surface area contributed by atoms with E-state index in [2.05, 4.69) is 15.6 Å². The van der Waals surface area contributed by atoms with Gasteiger partial charge in [0.1, 0.15) is 17.2 Å². The minimum absolute atomic E-state index is 0.203. The summed E-state index contributed by atoms with van der Waals surface area (Å²) in [5.74, 6) is 0.694. The Morgan fingerprint density at radius 2 is 1.90 bits per heavy atom. The summed E-state index contributed by atoms with van der Waals surface area (Å²) >= 11 is 1.37. The number of imidazole rings is 1. The molecule has 2 aromatic heterocycles. The van der Waals surface area contributed by atoms with Crippen LogP contribution in [0.1, 0.15) is 17.4 Å². The van der Waals surface area contributed by atoms with E-state index in [-0.39, 0.29) is 11.8 Å². The van der Waals surface area contributed by atoms with Crippen LogP contribution in [0.2, 0.25) is 0 Å². The van der Waals surface area contributed by atoms with Crippen LogP contribution in [-0.4, -0.2) is 35.4 Å². The van der Waals surface area contributed by atoms with Crippen molar-refractivity contribution >= 4 is 39.5 Å². The van der Waals surface area contributed by atoms with E-state index in [4.69, 9.17) is 9.47 Å². The highest BCUT2D eigenvalue weighted by atomic mass is 32.1. The molecular formula is C22H20N4O4S. The molecule has 0 unspecified atom stereocenters. The first-order valence-corrected chi connectivity index (χ1v) is 10.2. The molecule has 0 aliphatic heterocycles. The molecule has 2 amide bonds. The number of carbonyl (C=O) groups excluding carboxylic acids is 2. The van der Waals surface area contributed by atoms with Crippen molar-refractivity contribution in [3.63, 3.8) is 0 Å². The summed E-state index contributed by atoms with van der Waals surface area (Å²) in [6, 6.07) is 12.6.